The Morgan fingerprint density at radius 3 is 1.73 bits per heavy atom. The summed E-state index contributed by atoms with van der Waals surface area (Å²) in [5, 5.41) is 22.2. The molecule has 0 saturated heterocycles. The van der Waals surface area contributed by atoms with Crippen molar-refractivity contribution in [3.63, 3.8) is 0 Å². The van der Waals surface area contributed by atoms with Gasteiger partial charge in [-0.2, -0.15) is 4.21 Å². The first-order chi connectivity index (χ1) is 19.5. The summed E-state index contributed by atoms with van der Waals surface area (Å²) in [7, 11) is 1.65. The minimum absolute atomic E-state index is 0.0158. The summed E-state index contributed by atoms with van der Waals surface area (Å²) in [6.45, 7) is 1.46. The average Bonchev–Trinajstić information content (AvgIpc) is 2.92. The normalized spacial score (nSPS) is 11.8. The van der Waals surface area contributed by atoms with Crippen molar-refractivity contribution >= 4 is 66.4 Å². The molecule has 6 aromatic rings. The maximum absolute atomic E-state index is 12.0. The van der Waals surface area contributed by atoms with Crippen LogP contribution in [0.1, 0.15) is 6.92 Å². The Labute approximate surface area is 232 Å². The van der Waals surface area contributed by atoms with Crippen molar-refractivity contribution in [3.8, 4) is 17.2 Å². The van der Waals surface area contributed by atoms with E-state index >= 15 is 0 Å². The number of phenolic OH excluding ortho intramolecular Hbond substituents is 2. The molecule has 1 atom stereocenters. The number of hydrogen-bond donors (Lipinski definition) is 3. The zero-order valence-electron chi connectivity index (χ0n) is 21.5. The topological polar surface area (TPSA) is 168 Å². The van der Waals surface area contributed by atoms with Crippen LogP contribution in [0.4, 0.5) is 5.69 Å². The third-order valence-corrected chi connectivity index (χ3v) is 6.71. The van der Waals surface area contributed by atoms with Gasteiger partial charge in [0.05, 0.1) is 10.8 Å². The number of rotatable bonds is 3. The zero-order valence-corrected chi connectivity index (χ0v) is 22.3. The van der Waals surface area contributed by atoms with Crippen LogP contribution >= 0.6 is 0 Å². The molecule has 11 nitrogen and oxygen atoms in total. The fraction of sp³-hybridized carbons (Fsp3) is 0.0690. The summed E-state index contributed by atoms with van der Waals surface area (Å²) in [5.41, 5.74) is 0.165. The predicted molar refractivity (Wildman–Crippen MR) is 154 cm³/mol. The Morgan fingerprint density at radius 2 is 1.22 bits per heavy atom. The van der Waals surface area contributed by atoms with Crippen molar-refractivity contribution in [2.45, 2.75) is 6.92 Å². The monoisotopic (exact) mass is 575 g/mol. The number of fused-ring (bicyclic) bond motifs is 6. The van der Waals surface area contributed by atoms with Crippen molar-refractivity contribution in [1.29, 1.82) is 0 Å². The maximum atomic E-state index is 12.0. The summed E-state index contributed by atoms with van der Waals surface area (Å²) in [6.07, 6.45) is 0. The SMILES string of the molecule is CC(=O)N(C)c1ccc2c(c1)oc(=O)c1cc(O)ccc12.O=c1oc2cc(OS(=O)O)ccc2c2ccc(O)cc12. The molecule has 0 saturated carbocycles. The predicted octanol–water partition coefficient (Wildman–Crippen LogP) is 4.80. The lowest BCUT2D eigenvalue weighted by Gasteiger charge is -2.15. The standard InChI is InChI=1S/C16H13NO4.C13H8O6S/c1-9(18)17(2)10-3-5-13-12-6-4-11(19)8-14(12)16(20)21-15(13)7-10;14-7-1-3-9-10-4-2-8(19-20(16)17)6-12(10)18-13(15)11(9)5-7/h3-8,19H,1-2H3;1-6,14H,(H,16,17). The van der Waals surface area contributed by atoms with Gasteiger partial charge in [0.1, 0.15) is 28.4 Å². The summed E-state index contributed by atoms with van der Waals surface area (Å²) in [6, 6.07) is 18.7. The smallest absolute Gasteiger partial charge is 0.357 e. The van der Waals surface area contributed by atoms with Crippen LogP contribution in [-0.4, -0.2) is 31.9 Å². The van der Waals surface area contributed by atoms with Crippen molar-refractivity contribution in [2.75, 3.05) is 11.9 Å². The van der Waals surface area contributed by atoms with Gasteiger partial charge in [0.15, 0.2) is 0 Å². The molecule has 2 aromatic heterocycles. The van der Waals surface area contributed by atoms with Crippen LogP contribution in [0.3, 0.4) is 0 Å². The largest absolute Gasteiger partial charge is 0.508 e. The molecule has 6 rings (SSSR count). The Balaban J connectivity index is 0.000000165. The van der Waals surface area contributed by atoms with E-state index in [2.05, 4.69) is 4.18 Å². The highest BCUT2D eigenvalue weighted by Crippen LogP contribution is 2.29. The molecule has 41 heavy (non-hydrogen) atoms. The van der Waals surface area contributed by atoms with E-state index in [-0.39, 0.29) is 34.1 Å². The lowest BCUT2D eigenvalue weighted by atomic mass is 10.1. The van der Waals surface area contributed by atoms with Gasteiger partial charge in [0.25, 0.3) is 0 Å². The molecule has 3 N–H and O–H groups in total. The average molecular weight is 576 g/mol. The molecular weight excluding hydrogens is 554 g/mol. The maximum Gasteiger partial charge on any atom is 0.357 e. The molecule has 4 aromatic carbocycles. The summed E-state index contributed by atoms with van der Waals surface area (Å²) >= 11 is -2.45. The van der Waals surface area contributed by atoms with E-state index in [9.17, 15) is 28.8 Å². The molecule has 12 heteroatoms. The van der Waals surface area contributed by atoms with Crippen LogP contribution in [-0.2, 0) is 16.2 Å². The number of anilines is 1. The first-order valence-corrected chi connectivity index (χ1v) is 13.0. The summed E-state index contributed by atoms with van der Waals surface area (Å²) in [4.78, 5) is 36.7. The van der Waals surface area contributed by atoms with Gasteiger partial charge < -0.3 is 28.1 Å². The number of carbonyl (C=O) groups is 1. The molecule has 1 amide bonds. The molecule has 0 bridgehead atoms. The minimum Gasteiger partial charge on any atom is -0.508 e. The van der Waals surface area contributed by atoms with E-state index in [1.54, 1.807) is 43.4 Å². The van der Waals surface area contributed by atoms with Gasteiger partial charge in [0, 0.05) is 53.3 Å². The van der Waals surface area contributed by atoms with Crippen molar-refractivity contribution in [2.24, 2.45) is 0 Å². The van der Waals surface area contributed by atoms with E-state index in [1.807, 2.05) is 0 Å². The third-order valence-electron chi connectivity index (χ3n) is 6.38. The number of hydrogen-bond acceptors (Lipinski definition) is 9. The lowest BCUT2D eigenvalue weighted by molar-refractivity contribution is -0.116. The number of phenols is 2. The van der Waals surface area contributed by atoms with Crippen LogP contribution in [0.15, 0.2) is 91.2 Å². The molecule has 0 fully saturated rings. The van der Waals surface area contributed by atoms with Gasteiger partial charge in [0.2, 0.25) is 5.91 Å². The van der Waals surface area contributed by atoms with Gasteiger partial charge in [-0.3, -0.25) is 9.35 Å². The minimum atomic E-state index is -2.45. The molecule has 2 heterocycles. The number of nitrogens with zero attached hydrogens (tertiary/aromatic N) is 1. The Morgan fingerprint density at radius 1 is 0.732 bits per heavy atom. The molecule has 0 spiro atoms. The molecule has 208 valence electrons. The zero-order chi connectivity index (χ0) is 29.4. The second-order valence-electron chi connectivity index (χ2n) is 8.96. The van der Waals surface area contributed by atoms with Crippen LogP contribution in [0.2, 0.25) is 0 Å². The van der Waals surface area contributed by atoms with Gasteiger partial charge >= 0.3 is 22.6 Å². The second-order valence-corrected chi connectivity index (χ2v) is 9.56. The van der Waals surface area contributed by atoms with Gasteiger partial charge in [-0.15, -0.1) is 0 Å². The van der Waals surface area contributed by atoms with Crippen molar-refractivity contribution < 1.29 is 36.8 Å². The quantitative estimate of drug-likeness (QED) is 0.151. The van der Waals surface area contributed by atoms with Gasteiger partial charge in [-0.05, 0) is 60.7 Å². The highest BCUT2D eigenvalue weighted by molar-refractivity contribution is 7.74. The van der Waals surface area contributed by atoms with Crippen LogP contribution in [0.25, 0.3) is 43.5 Å². The van der Waals surface area contributed by atoms with E-state index in [1.165, 1.54) is 48.2 Å². The molecule has 0 aliphatic rings. The van der Waals surface area contributed by atoms with Gasteiger partial charge in [-0.25, -0.2) is 9.59 Å². The number of carbonyl (C=O) groups excluding carboxylic acids is 1. The molecule has 0 aliphatic heterocycles. The first kappa shape index (κ1) is 27.4. The highest BCUT2D eigenvalue weighted by atomic mass is 32.2. The summed E-state index contributed by atoms with van der Waals surface area (Å²) < 4.78 is 34.3. The van der Waals surface area contributed by atoms with Crippen LogP contribution in [0.5, 0.6) is 17.2 Å². The lowest BCUT2D eigenvalue weighted by Crippen LogP contribution is -2.22. The van der Waals surface area contributed by atoms with E-state index in [0.29, 0.717) is 32.8 Å². The Hall–Kier alpha value is -5.20. The van der Waals surface area contributed by atoms with Crippen molar-refractivity contribution in [1.82, 2.24) is 0 Å². The first-order valence-electron chi connectivity index (χ1n) is 11.9. The number of benzene rings is 4. The molecule has 1 unspecified atom stereocenters. The fourth-order valence-corrected chi connectivity index (χ4v) is 4.60. The number of amides is 1. The molecular formula is C29H21NO10S. The van der Waals surface area contributed by atoms with Crippen molar-refractivity contribution in [3.05, 3.63) is 93.6 Å². The summed E-state index contributed by atoms with van der Waals surface area (Å²) in [5.74, 6) is -0.0103. The van der Waals surface area contributed by atoms with E-state index < -0.39 is 22.6 Å². The van der Waals surface area contributed by atoms with E-state index in [0.717, 1.165) is 5.39 Å². The molecule has 0 radical (unpaired) electrons. The second kappa shape index (κ2) is 10.8. The van der Waals surface area contributed by atoms with Crippen LogP contribution < -0.4 is 20.3 Å². The Bertz CT molecular complexity index is 2130. The number of aromatic hydroxyl groups is 2. The Kier molecular flexibility index (Phi) is 7.18. The van der Waals surface area contributed by atoms with Gasteiger partial charge in [-0.1, -0.05) is 0 Å². The fourth-order valence-electron chi connectivity index (χ4n) is 4.33. The third kappa shape index (κ3) is 5.46. The van der Waals surface area contributed by atoms with Crippen LogP contribution in [0, 0.1) is 0 Å². The van der Waals surface area contributed by atoms with E-state index in [4.69, 9.17) is 13.4 Å². The highest BCUT2D eigenvalue weighted by Gasteiger charge is 2.12. The molecule has 0 aliphatic carbocycles.